The van der Waals surface area contributed by atoms with E-state index in [9.17, 15) is 13.6 Å². The second kappa shape index (κ2) is 4.61. The number of alkyl halides is 2. The summed E-state index contributed by atoms with van der Waals surface area (Å²) < 4.78 is 27.4. The second-order valence-electron chi connectivity index (χ2n) is 6.07. The van der Waals surface area contributed by atoms with Crippen LogP contribution in [0.25, 0.3) is 10.4 Å². The molecule has 2 aromatic heterocycles. The molecule has 7 heteroatoms. The topological polar surface area (TPSA) is 45.8 Å². The molecule has 2 fully saturated rings. The molecule has 0 saturated heterocycles. The number of aromatic nitrogens is 2. The highest BCUT2D eigenvalue weighted by molar-refractivity contribution is 7.19. The van der Waals surface area contributed by atoms with Crippen LogP contribution in [0.5, 0.6) is 0 Å². The number of aromatic amines is 1. The molecule has 116 valence electrons. The van der Waals surface area contributed by atoms with Crippen LogP contribution in [-0.2, 0) is 0 Å². The summed E-state index contributed by atoms with van der Waals surface area (Å²) in [6, 6.07) is 3.51. The number of thiophene rings is 1. The number of rotatable bonds is 2. The van der Waals surface area contributed by atoms with E-state index in [-0.39, 0.29) is 11.5 Å². The molecule has 0 radical (unpaired) electrons. The zero-order valence-corrected chi connectivity index (χ0v) is 13.3. The molecule has 0 aromatic carbocycles. The molecule has 0 aliphatic heterocycles. The van der Waals surface area contributed by atoms with Gasteiger partial charge in [-0.15, -0.1) is 11.3 Å². The highest BCUT2D eigenvalue weighted by Crippen LogP contribution is 2.67. The van der Waals surface area contributed by atoms with Crippen molar-refractivity contribution in [1.82, 2.24) is 9.97 Å². The van der Waals surface area contributed by atoms with Gasteiger partial charge in [-0.3, -0.25) is 4.79 Å². The summed E-state index contributed by atoms with van der Waals surface area (Å²) in [5, 5.41) is 0. The third kappa shape index (κ3) is 2.04. The second-order valence-corrected chi connectivity index (χ2v) is 7.79. The van der Waals surface area contributed by atoms with E-state index in [0.717, 1.165) is 4.88 Å². The fraction of sp³-hybridized carbons (Fsp3) is 0.467. The first kappa shape index (κ1) is 14.3. The minimum absolute atomic E-state index is 0.0773. The van der Waals surface area contributed by atoms with Gasteiger partial charge in [-0.1, -0.05) is 11.6 Å². The highest BCUT2D eigenvalue weighted by atomic mass is 35.5. The minimum Gasteiger partial charge on any atom is -0.310 e. The molecule has 2 saturated carbocycles. The van der Waals surface area contributed by atoms with E-state index < -0.39 is 17.8 Å². The number of hydrogen-bond acceptors (Lipinski definition) is 3. The molecule has 2 heterocycles. The molecule has 2 aliphatic rings. The molecule has 2 aromatic rings. The predicted molar refractivity (Wildman–Crippen MR) is 81.8 cm³/mol. The van der Waals surface area contributed by atoms with Crippen molar-refractivity contribution >= 4 is 22.9 Å². The van der Waals surface area contributed by atoms with Crippen LogP contribution in [0.1, 0.15) is 30.3 Å². The Balaban J connectivity index is 1.78. The van der Waals surface area contributed by atoms with Crippen LogP contribution in [0.2, 0.25) is 4.34 Å². The van der Waals surface area contributed by atoms with Crippen LogP contribution in [0.4, 0.5) is 8.78 Å². The summed E-state index contributed by atoms with van der Waals surface area (Å²) in [6.07, 6.45) is 0.805. The molecule has 4 rings (SSSR count). The summed E-state index contributed by atoms with van der Waals surface area (Å²) in [5.74, 6) is -3.17. The maximum Gasteiger partial charge on any atom is 0.259 e. The fourth-order valence-corrected chi connectivity index (χ4v) is 4.72. The quantitative estimate of drug-likeness (QED) is 0.888. The summed E-state index contributed by atoms with van der Waals surface area (Å²) >= 11 is 7.26. The van der Waals surface area contributed by atoms with Crippen LogP contribution >= 0.6 is 22.9 Å². The van der Waals surface area contributed by atoms with E-state index in [0.29, 0.717) is 34.3 Å². The highest BCUT2D eigenvalue weighted by Gasteiger charge is 2.71. The van der Waals surface area contributed by atoms with Crippen molar-refractivity contribution in [3.05, 3.63) is 38.3 Å². The van der Waals surface area contributed by atoms with Crippen molar-refractivity contribution in [2.75, 3.05) is 0 Å². The van der Waals surface area contributed by atoms with Gasteiger partial charge in [-0.05, 0) is 31.9 Å². The van der Waals surface area contributed by atoms with Gasteiger partial charge >= 0.3 is 0 Å². The lowest BCUT2D eigenvalue weighted by Crippen LogP contribution is -2.18. The van der Waals surface area contributed by atoms with Gasteiger partial charge in [0.15, 0.2) is 0 Å². The van der Waals surface area contributed by atoms with Crippen molar-refractivity contribution in [2.24, 2.45) is 11.8 Å². The lowest BCUT2D eigenvalue weighted by molar-refractivity contribution is 0.0693. The molecule has 22 heavy (non-hydrogen) atoms. The maximum atomic E-state index is 13.4. The van der Waals surface area contributed by atoms with Crippen LogP contribution < -0.4 is 5.56 Å². The van der Waals surface area contributed by atoms with Gasteiger partial charge in [0.2, 0.25) is 0 Å². The van der Waals surface area contributed by atoms with E-state index in [1.807, 2.05) is 0 Å². The van der Waals surface area contributed by atoms with Gasteiger partial charge in [0, 0.05) is 22.6 Å². The molecule has 1 unspecified atom stereocenters. The van der Waals surface area contributed by atoms with Gasteiger partial charge in [0.25, 0.3) is 11.5 Å². The molecule has 1 N–H and O–H groups in total. The molecule has 2 aliphatic carbocycles. The molecule has 0 amide bonds. The van der Waals surface area contributed by atoms with E-state index in [2.05, 4.69) is 9.97 Å². The van der Waals surface area contributed by atoms with E-state index in [1.165, 1.54) is 11.3 Å². The van der Waals surface area contributed by atoms with Crippen molar-refractivity contribution < 1.29 is 8.78 Å². The van der Waals surface area contributed by atoms with Gasteiger partial charge in [-0.2, -0.15) is 0 Å². The summed E-state index contributed by atoms with van der Waals surface area (Å²) in [6.45, 7) is 1.71. The lowest BCUT2D eigenvalue weighted by Gasteiger charge is -2.17. The lowest BCUT2D eigenvalue weighted by atomic mass is 9.94. The number of aryl methyl sites for hydroxylation is 1. The van der Waals surface area contributed by atoms with Crippen molar-refractivity contribution in [3.63, 3.8) is 0 Å². The SMILES string of the molecule is Cc1nc(C2C[C@@H]3[C@H](C2)C3(F)F)c(-c2ccc(Cl)s2)c(=O)[nH]1. The van der Waals surface area contributed by atoms with Gasteiger partial charge in [-0.25, -0.2) is 13.8 Å². The summed E-state index contributed by atoms with van der Waals surface area (Å²) in [7, 11) is 0. The van der Waals surface area contributed by atoms with Crippen LogP contribution in [0.15, 0.2) is 16.9 Å². The Morgan fingerprint density at radius 2 is 2.05 bits per heavy atom. The Labute approximate surface area is 134 Å². The summed E-state index contributed by atoms with van der Waals surface area (Å²) in [5.41, 5.74) is 0.897. The fourth-order valence-electron chi connectivity index (χ4n) is 3.63. The number of fused-ring (bicyclic) bond motifs is 1. The van der Waals surface area contributed by atoms with Gasteiger partial charge < -0.3 is 4.98 Å². The average molecular weight is 343 g/mol. The molecule has 3 atom stereocenters. The first-order valence-electron chi connectivity index (χ1n) is 7.12. The minimum atomic E-state index is -2.51. The number of nitrogens with zero attached hydrogens (tertiary/aromatic N) is 1. The maximum absolute atomic E-state index is 13.4. The first-order valence-corrected chi connectivity index (χ1v) is 8.31. The number of halogens is 3. The van der Waals surface area contributed by atoms with Crippen LogP contribution in [0.3, 0.4) is 0 Å². The number of hydrogen-bond donors (Lipinski definition) is 1. The molecule has 3 nitrogen and oxygen atoms in total. The third-order valence-corrected chi connectivity index (χ3v) is 5.96. The van der Waals surface area contributed by atoms with Crippen LogP contribution in [0, 0.1) is 18.8 Å². The number of H-pyrrole nitrogens is 1. The van der Waals surface area contributed by atoms with Crippen molar-refractivity contribution in [1.29, 1.82) is 0 Å². The van der Waals surface area contributed by atoms with Gasteiger partial charge in [0.1, 0.15) is 5.82 Å². The largest absolute Gasteiger partial charge is 0.310 e. The van der Waals surface area contributed by atoms with E-state index >= 15 is 0 Å². The van der Waals surface area contributed by atoms with Gasteiger partial charge in [0.05, 0.1) is 15.6 Å². The Hall–Kier alpha value is -1.27. The van der Waals surface area contributed by atoms with Crippen molar-refractivity contribution in [3.8, 4) is 10.4 Å². The Bertz CT molecular complexity index is 802. The third-order valence-electron chi connectivity index (χ3n) is 4.71. The molecule has 0 bridgehead atoms. The Morgan fingerprint density at radius 3 is 2.64 bits per heavy atom. The monoisotopic (exact) mass is 342 g/mol. The predicted octanol–water partition coefficient (Wildman–Crippen LogP) is 4.22. The first-order chi connectivity index (χ1) is 10.4. The number of nitrogens with one attached hydrogen (secondary N) is 1. The normalized spacial score (nSPS) is 28.6. The standard InChI is InChI=1S/C15H13ClF2N2OS/c1-6-19-13(7-4-8-9(5-7)15(8,17)18)12(14(21)20-6)10-2-3-11(16)22-10/h2-3,7-9H,4-5H2,1H3,(H,19,20,21)/t7?,8-,9+. The van der Waals surface area contributed by atoms with E-state index in [4.69, 9.17) is 11.6 Å². The van der Waals surface area contributed by atoms with Crippen molar-refractivity contribution in [2.45, 2.75) is 31.6 Å². The molecular formula is C15H13ClF2N2OS. The zero-order valence-electron chi connectivity index (χ0n) is 11.7. The summed E-state index contributed by atoms with van der Waals surface area (Å²) in [4.78, 5) is 20.3. The molecular weight excluding hydrogens is 330 g/mol. The molecule has 0 spiro atoms. The van der Waals surface area contributed by atoms with Crippen LogP contribution in [-0.4, -0.2) is 15.9 Å². The average Bonchev–Trinajstić information content (AvgIpc) is 2.86. The Kier molecular flexibility index (Phi) is 3.01. The zero-order chi connectivity index (χ0) is 15.6. The van der Waals surface area contributed by atoms with E-state index in [1.54, 1.807) is 19.1 Å². The smallest absolute Gasteiger partial charge is 0.259 e. The Morgan fingerprint density at radius 1 is 1.36 bits per heavy atom.